The Morgan fingerprint density at radius 1 is 1.07 bits per heavy atom. The molecule has 7 nitrogen and oxygen atoms in total. The van der Waals surface area contributed by atoms with Crippen LogP contribution in [0.5, 0.6) is 0 Å². The van der Waals surface area contributed by atoms with Crippen LogP contribution < -0.4 is 10.9 Å². The molecule has 2 N–H and O–H groups in total. The number of aromatic nitrogens is 4. The van der Waals surface area contributed by atoms with E-state index < -0.39 is 5.91 Å². The van der Waals surface area contributed by atoms with Crippen LogP contribution in [0.25, 0.3) is 32.9 Å². The van der Waals surface area contributed by atoms with Crippen molar-refractivity contribution in [1.29, 1.82) is 0 Å². The summed E-state index contributed by atoms with van der Waals surface area (Å²) in [4.78, 5) is 32.9. The Kier molecular flexibility index (Phi) is 3.99. The Morgan fingerprint density at radius 3 is 2.62 bits per heavy atom. The number of benzene rings is 2. The van der Waals surface area contributed by atoms with Crippen molar-refractivity contribution < 1.29 is 4.79 Å². The molecule has 0 radical (unpaired) electrons. The predicted molar refractivity (Wildman–Crippen MR) is 114 cm³/mol. The second kappa shape index (κ2) is 6.68. The summed E-state index contributed by atoms with van der Waals surface area (Å²) in [6.45, 7) is 0. The summed E-state index contributed by atoms with van der Waals surface area (Å²) in [6.07, 6.45) is 1.91. The number of nitrogens with zero attached hydrogens (tertiary/aromatic N) is 3. The molecule has 3 heterocycles. The fraction of sp³-hybridized carbons (Fsp3) is 0.0476. The van der Waals surface area contributed by atoms with Gasteiger partial charge in [0.1, 0.15) is 0 Å². The molecule has 0 saturated heterocycles. The Labute approximate surface area is 168 Å². The van der Waals surface area contributed by atoms with Crippen LogP contribution in [0.2, 0.25) is 0 Å². The van der Waals surface area contributed by atoms with Crippen LogP contribution in [-0.4, -0.2) is 25.7 Å². The lowest BCUT2D eigenvalue weighted by Crippen LogP contribution is -2.25. The van der Waals surface area contributed by atoms with Crippen LogP contribution in [0.15, 0.2) is 64.9 Å². The minimum atomic E-state index is -0.406. The van der Waals surface area contributed by atoms with Crippen molar-refractivity contribution in [1.82, 2.24) is 19.7 Å². The smallest absolute Gasteiger partial charge is 0.278 e. The van der Waals surface area contributed by atoms with E-state index in [0.29, 0.717) is 15.9 Å². The van der Waals surface area contributed by atoms with E-state index in [2.05, 4.69) is 20.4 Å². The van der Waals surface area contributed by atoms with Crippen LogP contribution in [0.4, 0.5) is 5.13 Å². The van der Waals surface area contributed by atoms with Crippen LogP contribution >= 0.6 is 11.3 Å². The average Bonchev–Trinajstić information content (AvgIpc) is 3.37. The summed E-state index contributed by atoms with van der Waals surface area (Å²) >= 11 is 1.34. The molecule has 0 aliphatic heterocycles. The normalized spacial score (nSPS) is 11.2. The number of anilines is 1. The van der Waals surface area contributed by atoms with E-state index in [1.54, 1.807) is 24.3 Å². The van der Waals surface area contributed by atoms with E-state index in [9.17, 15) is 9.59 Å². The van der Waals surface area contributed by atoms with Gasteiger partial charge in [-0.25, -0.2) is 9.67 Å². The molecule has 0 fully saturated rings. The molecule has 0 spiro atoms. The molecule has 5 aromatic rings. The third kappa shape index (κ3) is 2.90. The fourth-order valence-electron chi connectivity index (χ4n) is 3.36. The summed E-state index contributed by atoms with van der Waals surface area (Å²) in [5.74, 6) is -0.406. The molecular weight excluding hydrogens is 386 g/mol. The van der Waals surface area contributed by atoms with Gasteiger partial charge in [0.2, 0.25) is 0 Å². The highest BCUT2D eigenvalue weighted by atomic mass is 32.1. The van der Waals surface area contributed by atoms with Gasteiger partial charge in [-0.1, -0.05) is 36.4 Å². The maximum Gasteiger partial charge on any atom is 0.278 e. The van der Waals surface area contributed by atoms with Gasteiger partial charge in [0.15, 0.2) is 10.8 Å². The molecule has 8 heteroatoms. The Morgan fingerprint density at radius 2 is 1.79 bits per heavy atom. The van der Waals surface area contributed by atoms with Crippen LogP contribution in [0.3, 0.4) is 0 Å². The highest BCUT2D eigenvalue weighted by Crippen LogP contribution is 2.31. The number of H-pyrrole nitrogens is 1. The van der Waals surface area contributed by atoms with Gasteiger partial charge in [0, 0.05) is 40.5 Å². The zero-order chi connectivity index (χ0) is 20.0. The number of thiazole rings is 1. The summed E-state index contributed by atoms with van der Waals surface area (Å²) in [5.41, 5.74) is 2.73. The lowest BCUT2D eigenvalue weighted by atomic mass is 10.1. The number of aromatic amines is 1. The fourth-order valence-corrected chi connectivity index (χ4v) is 4.07. The molecule has 1 amide bonds. The van der Waals surface area contributed by atoms with E-state index in [1.807, 2.05) is 35.8 Å². The van der Waals surface area contributed by atoms with Gasteiger partial charge in [0.05, 0.1) is 11.1 Å². The quantitative estimate of drug-likeness (QED) is 0.481. The van der Waals surface area contributed by atoms with Gasteiger partial charge < -0.3 is 4.98 Å². The lowest BCUT2D eigenvalue weighted by Gasteiger charge is -2.07. The van der Waals surface area contributed by atoms with Crippen molar-refractivity contribution in [2.45, 2.75) is 0 Å². The van der Waals surface area contributed by atoms with E-state index in [1.165, 1.54) is 23.1 Å². The van der Waals surface area contributed by atoms with E-state index >= 15 is 0 Å². The van der Waals surface area contributed by atoms with Crippen molar-refractivity contribution in [2.75, 3.05) is 5.32 Å². The number of hydrogen-bond donors (Lipinski definition) is 2. The zero-order valence-electron chi connectivity index (χ0n) is 15.3. The van der Waals surface area contributed by atoms with E-state index in [4.69, 9.17) is 0 Å². The standard InChI is InChI=1S/C21H15N5O2S/c1-26-20(28)14-8-3-2-7-13(14)18(25-26)19(27)24-21-23-17(11-29-21)15-10-22-16-9-5-4-6-12(15)16/h2-11,22H,1H3,(H,23,24,27). The maximum absolute atomic E-state index is 12.9. The van der Waals surface area contributed by atoms with Gasteiger partial charge in [-0.2, -0.15) is 5.10 Å². The van der Waals surface area contributed by atoms with Crippen molar-refractivity contribution in [2.24, 2.45) is 7.05 Å². The van der Waals surface area contributed by atoms with Crippen LogP contribution in [0, 0.1) is 0 Å². The molecule has 29 heavy (non-hydrogen) atoms. The Hall–Kier alpha value is -3.78. The number of rotatable bonds is 3. The van der Waals surface area contributed by atoms with Crippen molar-refractivity contribution >= 4 is 44.1 Å². The minimum absolute atomic E-state index is 0.187. The van der Waals surface area contributed by atoms with Gasteiger partial charge in [-0.05, 0) is 12.1 Å². The molecular formula is C21H15N5O2S. The highest BCUT2D eigenvalue weighted by Gasteiger charge is 2.17. The number of amides is 1. The largest absolute Gasteiger partial charge is 0.360 e. The van der Waals surface area contributed by atoms with Crippen molar-refractivity contribution in [3.05, 3.63) is 76.2 Å². The van der Waals surface area contributed by atoms with Crippen LogP contribution in [-0.2, 0) is 7.05 Å². The molecule has 0 atom stereocenters. The van der Waals surface area contributed by atoms with Crippen molar-refractivity contribution in [3.8, 4) is 11.3 Å². The van der Waals surface area contributed by atoms with Crippen LogP contribution in [0.1, 0.15) is 10.5 Å². The summed E-state index contributed by atoms with van der Waals surface area (Å²) < 4.78 is 1.18. The number of nitrogens with one attached hydrogen (secondary N) is 2. The topological polar surface area (TPSA) is 92.7 Å². The third-order valence-corrected chi connectivity index (χ3v) is 5.52. The van der Waals surface area contributed by atoms with Gasteiger partial charge in [0.25, 0.3) is 11.5 Å². The monoisotopic (exact) mass is 401 g/mol. The molecule has 0 saturated carbocycles. The summed E-state index contributed by atoms with van der Waals surface area (Å²) in [5, 5.41) is 11.4. The van der Waals surface area contributed by atoms with Crippen molar-refractivity contribution in [3.63, 3.8) is 0 Å². The lowest BCUT2D eigenvalue weighted by molar-refractivity contribution is 0.102. The SMILES string of the molecule is Cn1nc(C(=O)Nc2nc(-c3c[nH]c4ccccc34)cs2)c2ccccc2c1=O. The first-order valence-electron chi connectivity index (χ1n) is 8.91. The second-order valence-electron chi connectivity index (χ2n) is 6.56. The number of aryl methyl sites for hydroxylation is 1. The Balaban J connectivity index is 1.49. The zero-order valence-corrected chi connectivity index (χ0v) is 16.2. The molecule has 0 bridgehead atoms. The third-order valence-electron chi connectivity index (χ3n) is 4.76. The summed E-state index contributed by atoms with van der Waals surface area (Å²) in [6, 6.07) is 14.9. The number of hydrogen-bond acceptors (Lipinski definition) is 5. The number of para-hydroxylation sites is 1. The minimum Gasteiger partial charge on any atom is -0.360 e. The summed E-state index contributed by atoms with van der Waals surface area (Å²) in [7, 11) is 1.53. The second-order valence-corrected chi connectivity index (χ2v) is 7.42. The van der Waals surface area contributed by atoms with Gasteiger partial charge >= 0.3 is 0 Å². The number of carbonyl (C=O) groups is 1. The van der Waals surface area contributed by atoms with E-state index in [-0.39, 0.29) is 11.3 Å². The van der Waals surface area contributed by atoms with Gasteiger partial charge in [-0.15, -0.1) is 11.3 Å². The first-order chi connectivity index (χ1) is 14.1. The number of carbonyl (C=O) groups excluding carboxylic acids is 1. The Bertz CT molecular complexity index is 1450. The number of fused-ring (bicyclic) bond motifs is 2. The molecule has 0 aliphatic carbocycles. The first-order valence-corrected chi connectivity index (χ1v) is 9.79. The molecule has 0 unspecified atom stereocenters. The first kappa shape index (κ1) is 17.3. The highest BCUT2D eigenvalue weighted by molar-refractivity contribution is 7.14. The van der Waals surface area contributed by atoms with Gasteiger partial charge in [-0.3, -0.25) is 14.9 Å². The molecule has 5 rings (SSSR count). The molecule has 2 aromatic carbocycles. The van der Waals surface area contributed by atoms with E-state index in [0.717, 1.165) is 22.2 Å². The maximum atomic E-state index is 12.9. The average molecular weight is 401 g/mol. The molecule has 0 aliphatic rings. The molecule has 3 aromatic heterocycles. The molecule has 142 valence electrons. The predicted octanol–water partition coefficient (Wildman–Crippen LogP) is 3.79.